The lowest BCUT2D eigenvalue weighted by Gasteiger charge is -2.05. The Morgan fingerprint density at radius 1 is 1.40 bits per heavy atom. The van der Waals surface area contributed by atoms with Crippen LogP contribution in [0.1, 0.15) is 6.42 Å². The van der Waals surface area contributed by atoms with E-state index in [-0.39, 0.29) is 12.7 Å². The van der Waals surface area contributed by atoms with Crippen molar-refractivity contribution >= 4 is 11.6 Å². The smallest absolute Gasteiger partial charge is 0.231 e. The Kier molecular flexibility index (Phi) is 2.62. The zero-order valence-corrected chi connectivity index (χ0v) is 8.16. The third kappa shape index (κ3) is 2.31. The van der Waals surface area contributed by atoms with Gasteiger partial charge in [0.05, 0.1) is 0 Å². The van der Waals surface area contributed by atoms with Crippen molar-refractivity contribution in [2.75, 3.05) is 18.7 Å². The van der Waals surface area contributed by atoms with Gasteiger partial charge in [0.25, 0.3) is 0 Å². The summed E-state index contributed by atoms with van der Waals surface area (Å²) in [6.45, 7) is 0.787. The molecule has 1 aliphatic rings. The van der Waals surface area contributed by atoms with Crippen molar-refractivity contribution in [2.24, 2.45) is 5.73 Å². The van der Waals surface area contributed by atoms with E-state index in [0.29, 0.717) is 13.0 Å². The standard InChI is InChI=1S/C10H12N2O3/c11-10(13)3-4-12-7-1-2-8-9(5-7)15-6-14-8/h1-2,5,12H,3-4,6H2,(H2,11,13). The van der Waals surface area contributed by atoms with Gasteiger partial charge in [0.2, 0.25) is 12.7 Å². The molecule has 0 aromatic heterocycles. The van der Waals surface area contributed by atoms with Crippen LogP contribution in [-0.2, 0) is 4.79 Å². The molecule has 3 N–H and O–H groups in total. The molecule has 0 radical (unpaired) electrons. The van der Waals surface area contributed by atoms with Crippen LogP contribution in [0.5, 0.6) is 11.5 Å². The summed E-state index contributed by atoms with van der Waals surface area (Å²) >= 11 is 0. The van der Waals surface area contributed by atoms with Crippen molar-refractivity contribution < 1.29 is 14.3 Å². The first-order valence-electron chi connectivity index (χ1n) is 4.67. The summed E-state index contributed by atoms with van der Waals surface area (Å²) in [4.78, 5) is 10.5. The molecular weight excluding hydrogens is 196 g/mol. The second-order valence-corrected chi connectivity index (χ2v) is 3.21. The van der Waals surface area contributed by atoms with Gasteiger partial charge in [-0.25, -0.2) is 0 Å². The van der Waals surface area contributed by atoms with Gasteiger partial charge in [-0.05, 0) is 12.1 Å². The number of hydrogen-bond donors (Lipinski definition) is 2. The van der Waals surface area contributed by atoms with Crippen LogP contribution in [0.3, 0.4) is 0 Å². The third-order valence-electron chi connectivity index (χ3n) is 2.07. The summed E-state index contributed by atoms with van der Waals surface area (Å²) in [6, 6.07) is 5.53. The van der Waals surface area contributed by atoms with E-state index in [1.54, 1.807) is 0 Å². The molecule has 0 saturated heterocycles. The minimum Gasteiger partial charge on any atom is -0.454 e. The molecule has 0 spiro atoms. The number of amides is 1. The highest BCUT2D eigenvalue weighted by molar-refractivity contribution is 5.74. The lowest BCUT2D eigenvalue weighted by molar-refractivity contribution is -0.117. The van der Waals surface area contributed by atoms with Crippen LogP contribution in [0.2, 0.25) is 0 Å². The number of hydrogen-bond acceptors (Lipinski definition) is 4. The van der Waals surface area contributed by atoms with Crippen LogP contribution in [-0.4, -0.2) is 19.2 Å². The van der Waals surface area contributed by atoms with Gasteiger partial charge < -0.3 is 20.5 Å². The Balaban J connectivity index is 1.95. The fraction of sp³-hybridized carbons (Fsp3) is 0.300. The highest BCUT2D eigenvalue weighted by atomic mass is 16.7. The van der Waals surface area contributed by atoms with Gasteiger partial charge in [-0.2, -0.15) is 0 Å². The van der Waals surface area contributed by atoms with Crippen LogP contribution >= 0.6 is 0 Å². The van der Waals surface area contributed by atoms with Crippen molar-refractivity contribution in [2.45, 2.75) is 6.42 Å². The van der Waals surface area contributed by atoms with Crippen molar-refractivity contribution in [3.05, 3.63) is 18.2 Å². The van der Waals surface area contributed by atoms with Crippen molar-refractivity contribution in [1.82, 2.24) is 0 Å². The molecule has 0 bridgehead atoms. The highest BCUT2D eigenvalue weighted by Gasteiger charge is 2.12. The molecule has 0 saturated carbocycles. The van der Waals surface area contributed by atoms with Crippen LogP contribution in [0.25, 0.3) is 0 Å². The maximum Gasteiger partial charge on any atom is 0.231 e. The van der Waals surface area contributed by atoms with Gasteiger partial charge in [-0.3, -0.25) is 4.79 Å². The first-order chi connectivity index (χ1) is 7.25. The molecule has 15 heavy (non-hydrogen) atoms. The zero-order chi connectivity index (χ0) is 10.7. The quantitative estimate of drug-likeness (QED) is 0.764. The van der Waals surface area contributed by atoms with Gasteiger partial charge in [-0.1, -0.05) is 0 Å². The summed E-state index contributed by atoms with van der Waals surface area (Å²) in [5.41, 5.74) is 5.91. The average Bonchev–Trinajstić information content (AvgIpc) is 2.64. The SMILES string of the molecule is NC(=O)CCNc1ccc2c(c1)OCO2. The first-order valence-corrected chi connectivity index (χ1v) is 4.67. The van der Waals surface area contributed by atoms with Gasteiger partial charge in [0.15, 0.2) is 11.5 Å². The summed E-state index contributed by atoms with van der Waals surface area (Å²) in [7, 11) is 0. The second kappa shape index (κ2) is 4.08. The van der Waals surface area contributed by atoms with Crippen molar-refractivity contribution in [3.8, 4) is 11.5 Å². The Bertz CT molecular complexity index is 379. The molecule has 0 unspecified atom stereocenters. The fourth-order valence-corrected chi connectivity index (χ4v) is 1.34. The maximum atomic E-state index is 10.5. The lowest BCUT2D eigenvalue weighted by atomic mass is 10.2. The number of nitrogens with one attached hydrogen (secondary N) is 1. The van der Waals surface area contributed by atoms with E-state index in [0.717, 1.165) is 17.2 Å². The molecule has 1 aromatic rings. The second-order valence-electron chi connectivity index (χ2n) is 3.21. The topological polar surface area (TPSA) is 73.6 Å². The summed E-state index contributed by atoms with van der Waals surface area (Å²) in [5.74, 6) is 1.15. The van der Waals surface area contributed by atoms with Gasteiger partial charge in [0.1, 0.15) is 0 Å². The normalized spacial score (nSPS) is 12.5. The van der Waals surface area contributed by atoms with E-state index in [1.807, 2.05) is 18.2 Å². The third-order valence-corrected chi connectivity index (χ3v) is 2.07. The van der Waals surface area contributed by atoms with E-state index >= 15 is 0 Å². The largest absolute Gasteiger partial charge is 0.454 e. The molecule has 0 aliphatic carbocycles. The van der Waals surface area contributed by atoms with Crippen molar-refractivity contribution in [1.29, 1.82) is 0 Å². The van der Waals surface area contributed by atoms with E-state index in [1.165, 1.54) is 0 Å². The fourth-order valence-electron chi connectivity index (χ4n) is 1.34. The number of nitrogens with two attached hydrogens (primary N) is 1. The summed E-state index contributed by atoms with van der Waals surface area (Å²) < 4.78 is 10.4. The number of anilines is 1. The van der Waals surface area contributed by atoms with Gasteiger partial charge in [0, 0.05) is 24.7 Å². The highest BCUT2D eigenvalue weighted by Crippen LogP contribution is 2.34. The van der Waals surface area contributed by atoms with E-state index < -0.39 is 0 Å². The monoisotopic (exact) mass is 208 g/mol. The maximum absolute atomic E-state index is 10.5. The molecule has 1 amide bonds. The number of fused-ring (bicyclic) bond motifs is 1. The van der Waals surface area contributed by atoms with E-state index in [2.05, 4.69) is 5.32 Å². The van der Waals surface area contributed by atoms with Crippen molar-refractivity contribution in [3.63, 3.8) is 0 Å². The summed E-state index contributed by atoms with van der Waals surface area (Å²) in [6.07, 6.45) is 0.314. The summed E-state index contributed by atoms with van der Waals surface area (Å²) in [5, 5.41) is 3.07. The predicted octanol–water partition coefficient (Wildman–Crippen LogP) is 0.703. The number of carbonyl (C=O) groups is 1. The van der Waals surface area contributed by atoms with Gasteiger partial charge in [-0.15, -0.1) is 0 Å². The minimum absolute atomic E-state index is 0.264. The number of primary amides is 1. The Hall–Kier alpha value is -1.91. The minimum atomic E-state index is -0.316. The van der Waals surface area contributed by atoms with E-state index in [9.17, 15) is 4.79 Å². The predicted molar refractivity (Wildman–Crippen MR) is 54.9 cm³/mol. The molecule has 0 atom stereocenters. The number of rotatable bonds is 4. The Labute approximate surface area is 87.2 Å². The molecule has 5 heteroatoms. The Morgan fingerprint density at radius 3 is 3.00 bits per heavy atom. The van der Waals surface area contributed by atoms with Crippen LogP contribution in [0.4, 0.5) is 5.69 Å². The molecular formula is C10H12N2O3. The van der Waals surface area contributed by atoms with Gasteiger partial charge >= 0.3 is 0 Å². The van der Waals surface area contributed by atoms with Crippen LogP contribution < -0.4 is 20.5 Å². The molecule has 2 rings (SSSR count). The number of ether oxygens (including phenoxy) is 2. The van der Waals surface area contributed by atoms with E-state index in [4.69, 9.17) is 15.2 Å². The van der Waals surface area contributed by atoms with Crippen LogP contribution in [0.15, 0.2) is 18.2 Å². The first kappa shape index (κ1) is 9.64. The average molecular weight is 208 g/mol. The zero-order valence-electron chi connectivity index (χ0n) is 8.16. The number of carbonyl (C=O) groups excluding carboxylic acids is 1. The Morgan fingerprint density at radius 2 is 2.20 bits per heavy atom. The molecule has 1 aliphatic heterocycles. The molecule has 0 fully saturated rings. The van der Waals surface area contributed by atoms with Crippen LogP contribution in [0, 0.1) is 0 Å². The molecule has 1 heterocycles. The molecule has 5 nitrogen and oxygen atoms in total. The molecule has 80 valence electrons. The number of benzene rings is 1. The molecule has 1 aromatic carbocycles. The lowest BCUT2D eigenvalue weighted by Crippen LogP contribution is -2.15.